The Hall–Kier alpha value is -0.160. The van der Waals surface area contributed by atoms with Crippen LogP contribution in [-0.4, -0.2) is 44.1 Å². The van der Waals surface area contributed by atoms with Gasteiger partial charge < -0.3 is 20.9 Å². The molecule has 0 aromatic rings. The Kier molecular flexibility index (Phi) is 8.81. The number of rotatable bonds is 8. The molecule has 0 spiro atoms. The summed E-state index contributed by atoms with van der Waals surface area (Å²) in [6.07, 6.45) is 0.575. The van der Waals surface area contributed by atoms with Crippen LogP contribution in [0.15, 0.2) is 0 Å². The summed E-state index contributed by atoms with van der Waals surface area (Å²) in [6, 6.07) is 0. The minimum Gasteiger partial charge on any atom is -0.389 e. The van der Waals surface area contributed by atoms with Gasteiger partial charge in [-0.25, -0.2) is 0 Å². The lowest BCUT2D eigenvalue weighted by molar-refractivity contribution is 0.0375. The van der Waals surface area contributed by atoms with E-state index in [1.165, 1.54) is 0 Å². The van der Waals surface area contributed by atoms with E-state index in [-0.39, 0.29) is 0 Å². The van der Waals surface area contributed by atoms with E-state index < -0.39 is 6.10 Å². The molecular weight excluding hydrogens is 156 g/mol. The Morgan fingerprint density at radius 1 is 1.58 bits per heavy atom. The van der Waals surface area contributed by atoms with Crippen molar-refractivity contribution in [2.45, 2.75) is 19.4 Å². The highest BCUT2D eigenvalue weighted by molar-refractivity contribution is 4.57. The van der Waals surface area contributed by atoms with Gasteiger partial charge in [0.25, 0.3) is 0 Å². The fourth-order valence-electron chi connectivity index (χ4n) is 0.793. The summed E-state index contributed by atoms with van der Waals surface area (Å²) >= 11 is 0. The maximum Gasteiger partial charge on any atom is 0.0897 e. The third-order valence-electron chi connectivity index (χ3n) is 1.36. The van der Waals surface area contributed by atoms with Gasteiger partial charge in [0.2, 0.25) is 0 Å². The first-order valence-corrected chi connectivity index (χ1v) is 4.47. The second-order valence-electron chi connectivity index (χ2n) is 2.72. The topological polar surface area (TPSA) is 67.5 Å². The number of ether oxygens (including phenoxy) is 1. The van der Waals surface area contributed by atoms with Crippen LogP contribution in [0.1, 0.15) is 13.3 Å². The monoisotopic (exact) mass is 176 g/mol. The van der Waals surface area contributed by atoms with Crippen LogP contribution in [0.25, 0.3) is 0 Å². The lowest BCUT2D eigenvalue weighted by Gasteiger charge is -2.11. The highest BCUT2D eigenvalue weighted by Gasteiger charge is 2.01. The summed E-state index contributed by atoms with van der Waals surface area (Å²) < 4.78 is 5.15. The number of aliphatic hydroxyl groups excluding tert-OH is 1. The first kappa shape index (κ1) is 11.8. The van der Waals surface area contributed by atoms with Gasteiger partial charge in [-0.1, -0.05) is 6.92 Å². The molecule has 0 saturated carbocycles. The molecule has 0 fully saturated rings. The van der Waals surface area contributed by atoms with Gasteiger partial charge in [-0.3, -0.25) is 0 Å². The van der Waals surface area contributed by atoms with Gasteiger partial charge in [0, 0.05) is 26.2 Å². The molecule has 74 valence electrons. The fourth-order valence-corrected chi connectivity index (χ4v) is 0.793. The number of hydrogen-bond donors (Lipinski definition) is 3. The first-order valence-electron chi connectivity index (χ1n) is 4.47. The molecule has 12 heavy (non-hydrogen) atoms. The second-order valence-corrected chi connectivity index (χ2v) is 2.72. The van der Waals surface area contributed by atoms with Gasteiger partial charge in [-0.15, -0.1) is 0 Å². The van der Waals surface area contributed by atoms with Gasteiger partial charge in [0.05, 0.1) is 12.7 Å². The van der Waals surface area contributed by atoms with Gasteiger partial charge in [-0.05, 0) is 6.42 Å². The maximum atomic E-state index is 9.27. The molecule has 0 heterocycles. The van der Waals surface area contributed by atoms with E-state index in [4.69, 9.17) is 10.5 Å². The van der Waals surface area contributed by atoms with E-state index in [1.807, 2.05) is 6.92 Å². The SMILES string of the molecule is CCCOC[C@@H](O)CNCCN. The second kappa shape index (κ2) is 8.93. The van der Waals surface area contributed by atoms with Crippen LogP contribution in [0.5, 0.6) is 0 Å². The zero-order chi connectivity index (χ0) is 9.23. The molecular formula is C8H20N2O2. The minimum absolute atomic E-state index is 0.408. The van der Waals surface area contributed by atoms with Crippen molar-refractivity contribution in [1.82, 2.24) is 5.32 Å². The van der Waals surface area contributed by atoms with Crippen LogP contribution in [0.2, 0.25) is 0 Å². The van der Waals surface area contributed by atoms with Gasteiger partial charge in [0.15, 0.2) is 0 Å². The van der Waals surface area contributed by atoms with E-state index in [2.05, 4.69) is 5.32 Å². The van der Waals surface area contributed by atoms with Crippen LogP contribution in [0.3, 0.4) is 0 Å². The lowest BCUT2D eigenvalue weighted by atomic mass is 10.4. The van der Waals surface area contributed by atoms with Crippen LogP contribution >= 0.6 is 0 Å². The predicted octanol–water partition coefficient (Wildman–Crippen LogP) is -0.678. The summed E-state index contributed by atoms with van der Waals surface area (Å²) in [4.78, 5) is 0. The fraction of sp³-hybridized carbons (Fsp3) is 1.00. The molecule has 0 aliphatic rings. The molecule has 0 amide bonds. The molecule has 0 aliphatic heterocycles. The van der Waals surface area contributed by atoms with Crippen molar-refractivity contribution in [3.8, 4) is 0 Å². The van der Waals surface area contributed by atoms with E-state index in [0.717, 1.165) is 13.0 Å². The zero-order valence-corrected chi connectivity index (χ0v) is 7.75. The summed E-state index contributed by atoms with van der Waals surface area (Å²) in [5, 5.41) is 12.3. The minimum atomic E-state index is -0.414. The van der Waals surface area contributed by atoms with E-state index in [1.54, 1.807) is 0 Å². The number of nitrogens with two attached hydrogens (primary N) is 1. The molecule has 0 bridgehead atoms. The Labute approximate surface area is 74.1 Å². The Balaban J connectivity index is 3.04. The first-order chi connectivity index (χ1) is 5.81. The molecule has 1 atom stereocenters. The van der Waals surface area contributed by atoms with Crippen molar-refractivity contribution in [2.75, 3.05) is 32.8 Å². The maximum absolute atomic E-state index is 9.27. The van der Waals surface area contributed by atoms with Gasteiger partial charge in [0.1, 0.15) is 0 Å². The Morgan fingerprint density at radius 3 is 2.92 bits per heavy atom. The number of aliphatic hydroxyl groups is 1. The van der Waals surface area contributed by atoms with Gasteiger partial charge >= 0.3 is 0 Å². The zero-order valence-electron chi connectivity index (χ0n) is 7.75. The van der Waals surface area contributed by atoms with Crippen molar-refractivity contribution in [3.05, 3.63) is 0 Å². The summed E-state index contributed by atoms with van der Waals surface area (Å²) in [5.74, 6) is 0. The third-order valence-corrected chi connectivity index (χ3v) is 1.36. The standard InChI is InChI=1S/C8H20N2O2/c1-2-5-12-7-8(11)6-10-4-3-9/h8,10-11H,2-7,9H2,1H3/t8-/m0/s1. The lowest BCUT2D eigenvalue weighted by Crippen LogP contribution is -2.33. The summed E-state index contributed by atoms with van der Waals surface area (Å²) in [6.45, 7) is 5.06. The van der Waals surface area contributed by atoms with Crippen molar-refractivity contribution in [1.29, 1.82) is 0 Å². The largest absolute Gasteiger partial charge is 0.389 e. The molecule has 4 heteroatoms. The molecule has 4 N–H and O–H groups in total. The average Bonchev–Trinajstić information content (AvgIpc) is 2.06. The molecule has 0 aromatic heterocycles. The molecule has 0 radical (unpaired) electrons. The van der Waals surface area contributed by atoms with Crippen molar-refractivity contribution >= 4 is 0 Å². The predicted molar refractivity (Wildman–Crippen MR) is 49.0 cm³/mol. The molecule has 0 aliphatic carbocycles. The van der Waals surface area contributed by atoms with Crippen molar-refractivity contribution in [2.24, 2.45) is 5.73 Å². The average molecular weight is 176 g/mol. The summed E-state index contributed by atoms with van der Waals surface area (Å²) in [5.41, 5.74) is 5.26. The Bertz CT molecular complexity index is 81.1. The number of hydrogen-bond acceptors (Lipinski definition) is 4. The van der Waals surface area contributed by atoms with Gasteiger partial charge in [-0.2, -0.15) is 0 Å². The normalized spacial score (nSPS) is 13.2. The smallest absolute Gasteiger partial charge is 0.0897 e. The van der Waals surface area contributed by atoms with Crippen LogP contribution in [0.4, 0.5) is 0 Å². The van der Waals surface area contributed by atoms with Crippen molar-refractivity contribution in [3.63, 3.8) is 0 Å². The highest BCUT2D eigenvalue weighted by atomic mass is 16.5. The highest BCUT2D eigenvalue weighted by Crippen LogP contribution is 1.85. The molecule has 0 rings (SSSR count). The third kappa shape index (κ3) is 7.94. The van der Waals surface area contributed by atoms with E-state index in [0.29, 0.717) is 26.3 Å². The van der Waals surface area contributed by atoms with E-state index in [9.17, 15) is 5.11 Å². The van der Waals surface area contributed by atoms with Crippen LogP contribution in [0, 0.1) is 0 Å². The van der Waals surface area contributed by atoms with Crippen LogP contribution in [-0.2, 0) is 4.74 Å². The molecule has 0 aromatic carbocycles. The van der Waals surface area contributed by atoms with Crippen LogP contribution < -0.4 is 11.1 Å². The quantitative estimate of drug-likeness (QED) is 0.429. The molecule has 0 saturated heterocycles. The number of nitrogens with one attached hydrogen (secondary N) is 1. The molecule has 0 unspecified atom stereocenters. The molecule has 4 nitrogen and oxygen atoms in total. The Morgan fingerprint density at radius 2 is 2.33 bits per heavy atom. The van der Waals surface area contributed by atoms with E-state index >= 15 is 0 Å². The summed E-state index contributed by atoms with van der Waals surface area (Å²) in [7, 11) is 0. The van der Waals surface area contributed by atoms with Crippen molar-refractivity contribution < 1.29 is 9.84 Å².